The third-order valence-corrected chi connectivity index (χ3v) is 4.49. The van der Waals surface area contributed by atoms with Crippen molar-refractivity contribution < 1.29 is 23.9 Å². The molecule has 1 atom stereocenters. The molecule has 2 aliphatic heterocycles. The first kappa shape index (κ1) is 17.4. The average Bonchev–Trinajstić information content (AvgIpc) is 2.87. The van der Waals surface area contributed by atoms with Crippen LogP contribution in [0.1, 0.15) is 6.42 Å². The van der Waals surface area contributed by atoms with E-state index in [2.05, 4.69) is 10.6 Å². The summed E-state index contributed by atoms with van der Waals surface area (Å²) in [5, 5.41) is 5.27. The normalized spacial score (nSPS) is 18.9. The number of rotatable bonds is 6. The van der Waals surface area contributed by atoms with Gasteiger partial charge in [-0.1, -0.05) is 0 Å². The number of benzene rings is 1. The number of amides is 4. The molecule has 2 heterocycles. The molecular formula is C16H19N3O5S. The van der Waals surface area contributed by atoms with Crippen molar-refractivity contribution in [3.8, 4) is 11.5 Å². The minimum absolute atomic E-state index is 0.325. The highest BCUT2D eigenvalue weighted by atomic mass is 32.2. The van der Waals surface area contributed by atoms with E-state index < -0.39 is 18.0 Å². The zero-order valence-electron chi connectivity index (χ0n) is 13.7. The van der Waals surface area contributed by atoms with Crippen LogP contribution in [-0.4, -0.2) is 60.6 Å². The van der Waals surface area contributed by atoms with Crippen molar-refractivity contribution in [2.45, 2.75) is 12.5 Å². The standard InChI is InChI=1S/C16H19N3O5S/c1-25-7-4-11-15(21)19(16(22)18-11)9-14(20)17-10-2-3-12-13(8-10)24-6-5-23-12/h2-3,8,11H,4-7,9H2,1H3,(H,17,20)(H,18,22)/t11-/m0/s1. The first-order valence-electron chi connectivity index (χ1n) is 7.89. The molecule has 1 fully saturated rings. The second kappa shape index (κ2) is 7.64. The number of hydrogen-bond acceptors (Lipinski definition) is 6. The van der Waals surface area contributed by atoms with E-state index in [1.165, 1.54) is 0 Å². The molecule has 0 aromatic heterocycles. The number of nitrogens with zero attached hydrogens (tertiary/aromatic N) is 1. The molecule has 2 N–H and O–H groups in total. The monoisotopic (exact) mass is 365 g/mol. The predicted molar refractivity (Wildman–Crippen MR) is 93.1 cm³/mol. The highest BCUT2D eigenvalue weighted by Crippen LogP contribution is 2.32. The molecular weight excluding hydrogens is 346 g/mol. The van der Waals surface area contributed by atoms with Crippen LogP contribution >= 0.6 is 11.8 Å². The van der Waals surface area contributed by atoms with Gasteiger partial charge in [0.2, 0.25) is 5.91 Å². The van der Waals surface area contributed by atoms with Gasteiger partial charge in [0.1, 0.15) is 25.8 Å². The van der Waals surface area contributed by atoms with E-state index in [0.29, 0.717) is 36.8 Å². The van der Waals surface area contributed by atoms with E-state index in [4.69, 9.17) is 9.47 Å². The molecule has 0 bridgehead atoms. The van der Waals surface area contributed by atoms with Crippen LogP contribution in [0.15, 0.2) is 18.2 Å². The van der Waals surface area contributed by atoms with Crippen LogP contribution in [0.4, 0.5) is 10.5 Å². The Kier molecular flexibility index (Phi) is 5.32. The molecule has 0 saturated carbocycles. The highest BCUT2D eigenvalue weighted by molar-refractivity contribution is 7.98. The predicted octanol–water partition coefficient (Wildman–Crippen LogP) is 1.07. The Morgan fingerprint density at radius 3 is 2.84 bits per heavy atom. The van der Waals surface area contributed by atoms with Gasteiger partial charge in [0.15, 0.2) is 11.5 Å². The number of ether oxygens (including phenoxy) is 2. The van der Waals surface area contributed by atoms with E-state index in [9.17, 15) is 14.4 Å². The number of anilines is 1. The van der Waals surface area contributed by atoms with Crippen molar-refractivity contribution >= 4 is 35.3 Å². The number of nitrogens with one attached hydrogen (secondary N) is 2. The van der Waals surface area contributed by atoms with Gasteiger partial charge < -0.3 is 20.1 Å². The molecule has 4 amide bonds. The lowest BCUT2D eigenvalue weighted by Gasteiger charge is -2.19. The van der Waals surface area contributed by atoms with Crippen LogP contribution in [0.2, 0.25) is 0 Å². The summed E-state index contributed by atoms with van der Waals surface area (Å²) in [6.07, 6.45) is 2.48. The van der Waals surface area contributed by atoms with E-state index in [0.717, 1.165) is 10.7 Å². The minimum atomic E-state index is -0.554. The molecule has 3 rings (SSSR count). The van der Waals surface area contributed by atoms with Gasteiger partial charge in [-0.05, 0) is 30.6 Å². The van der Waals surface area contributed by atoms with Gasteiger partial charge in [-0.15, -0.1) is 0 Å². The Balaban J connectivity index is 1.59. The maximum absolute atomic E-state index is 12.2. The van der Waals surface area contributed by atoms with E-state index in [1.807, 2.05) is 6.26 Å². The molecule has 0 unspecified atom stereocenters. The summed E-state index contributed by atoms with van der Waals surface area (Å²) in [5.41, 5.74) is 0.514. The summed E-state index contributed by atoms with van der Waals surface area (Å²) >= 11 is 1.60. The van der Waals surface area contributed by atoms with Gasteiger partial charge in [0.25, 0.3) is 5.91 Å². The topological polar surface area (TPSA) is 97.0 Å². The summed E-state index contributed by atoms with van der Waals surface area (Å²) in [6, 6.07) is 3.95. The quantitative estimate of drug-likeness (QED) is 0.732. The zero-order valence-corrected chi connectivity index (χ0v) is 14.6. The van der Waals surface area contributed by atoms with Gasteiger partial charge in [0, 0.05) is 11.8 Å². The lowest BCUT2D eigenvalue weighted by Crippen LogP contribution is -2.38. The number of imide groups is 1. The summed E-state index contributed by atoms with van der Waals surface area (Å²) in [6.45, 7) is 0.613. The third-order valence-electron chi connectivity index (χ3n) is 3.85. The van der Waals surface area contributed by atoms with Gasteiger partial charge >= 0.3 is 6.03 Å². The van der Waals surface area contributed by atoms with Crippen LogP contribution in [0.5, 0.6) is 11.5 Å². The molecule has 1 aromatic carbocycles. The number of hydrogen-bond donors (Lipinski definition) is 2. The van der Waals surface area contributed by atoms with Crippen molar-refractivity contribution in [3.05, 3.63) is 18.2 Å². The zero-order chi connectivity index (χ0) is 17.8. The Hall–Kier alpha value is -2.42. The molecule has 2 aliphatic rings. The lowest BCUT2D eigenvalue weighted by atomic mass is 10.2. The highest BCUT2D eigenvalue weighted by Gasteiger charge is 2.38. The fraction of sp³-hybridized carbons (Fsp3) is 0.438. The fourth-order valence-corrected chi connectivity index (χ4v) is 3.09. The fourth-order valence-electron chi connectivity index (χ4n) is 2.62. The molecule has 0 aliphatic carbocycles. The Bertz CT molecular complexity index is 696. The maximum atomic E-state index is 12.2. The third kappa shape index (κ3) is 3.98. The SMILES string of the molecule is CSCC[C@@H]1NC(=O)N(CC(=O)Nc2ccc3c(c2)OCCO3)C1=O. The second-order valence-corrected chi connectivity index (χ2v) is 6.60. The molecule has 0 radical (unpaired) electrons. The Morgan fingerprint density at radius 2 is 2.08 bits per heavy atom. The summed E-state index contributed by atoms with van der Waals surface area (Å²) in [7, 11) is 0. The number of carbonyl (C=O) groups excluding carboxylic acids is 3. The van der Waals surface area contributed by atoms with Crippen LogP contribution in [-0.2, 0) is 9.59 Å². The second-order valence-electron chi connectivity index (χ2n) is 5.61. The van der Waals surface area contributed by atoms with Crippen LogP contribution in [0.3, 0.4) is 0 Å². The largest absolute Gasteiger partial charge is 0.486 e. The summed E-state index contributed by atoms with van der Waals surface area (Å²) < 4.78 is 10.9. The minimum Gasteiger partial charge on any atom is -0.486 e. The summed E-state index contributed by atoms with van der Waals surface area (Å²) in [4.78, 5) is 37.3. The molecule has 9 heteroatoms. The van der Waals surface area contributed by atoms with Gasteiger partial charge in [-0.2, -0.15) is 11.8 Å². The van der Waals surface area contributed by atoms with Crippen molar-refractivity contribution in [2.75, 3.05) is 37.1 Å². The number of fused-ring (bicyclic) bond motifs is 1. The van der Waals surface area contributed by atoms with Gasteiger partial charge in [-0.3, -0.25) is 14.5 Å². The van der Waals surface area contributed by atoms with Crippen LogP contribution in [0, 0.1) is 0 Å². The van der Waals surface area contributed by atoms with Crippen LogP contribution < -0.4 is 20.1 Å². The van der Waals surface area contributed by atoms with Gasteiger partial charge in [0.05, 0.1) is 0 Å². The van der Waals surface area contributed by atoms with Crippen molar-refractivity contribution in [1.29, 1.82) is 0 Å². The van der Waals surface area contributed by atoms with Crippen molar-refractivity contribution in [2.24, 2.45) is 0 Å². The molecule has 0 spiro atoms. The van der Waals surface area contributed by atoms with E-state index in [-0.39, 0.29) is 12.5 Å². The van der Waals surface area contributed by atoms with Crippen molar-refractivity contribution in [3.63, 3.8) is 0 Å². The number of urea groups is 1. The Morgan fingerprint density at radius 1 is 1.32 bits per heavy atom. The van der Waals surface area contributed by atoms with Crippen molar-refractivity contribution in [1.82, 2.24) is 10.2 Å². The van der Waals surface area contributed by atoms with E-state index in [1.54, 1.807) is 30.0 Å². The average molecular weight is 365 g/mol. The molecule has 134 valence electrons. The first-order chi connectivity index (χ1) is 12.1. The Labute approximate surface area is 149 Å². The molecule has 25 heavy (non-hydrogen) atoms. The summed E-state index contributed by atoms with van der Waals surface area (Å²) in [5.74, 6) is 1.11. The van der Waals surface area contributed by atoms with Crippen LogP contribution in [0.25, 0.3) is 0 Å². The maximum Gasteiger partial charge on any atom is 0.325 e. The van der Waals surface area contributed by atoms with E-state index >= 15 is 0 Å². The number of carbonyl (C=O) groups is 3. The molecule has 1 saturated heterocycles. The number of thioether (sulfide) groups is 1. The smallest absolute Gasteiger partial charge is 0.325 e. The molecule has 1 aromatic rings. The first-order valence-corrected chi connectivity index (χ1v) is 9.28. The molecule has 8 nitrogen and oxygen atoms in total. The van der Waals surface area contributed by atoms with Gasteiger partial charge in [-0.25, -0.2) is 4.79 Å². The lowest BCUT2D eigenvalue weighted by molar-refractivity contribution is -0.130.